The van der Waals surface area contributed by atoms with E-state index in [0.717, 1.165) is 49.8 Å². The minimum atomic E-state index is -0.744. The average Bonchev–Trinajstić information content (AvgIpc) is 3.02. The molecule has 0 saturated carbocycles. The number of carbonyl (C=O) groups excluding carboxylic acids is 3. The molecule has 3 aromatic rings. The Balaban J connectivity index is 1.79. The highest BCUT2D eigenvalue weighted by atomic mass is 16.2. The maximum Gasteiger partial charge on any atom is 0.335 e. The summed E-state index contributed by atoms with van der Waals surface area (Å²) in [5.41, 5.74) is 8.33. The number of rotatable bonds is 3. The van der Waals surface area contributed by atoms with Gasteiger partial charge in [-0.1, -0.05) is 18.2 Å². The Hall–Kier alpha value is -3.93. The summed E-state index contributed by atoms with van der Waals surface area (Å²) in [6.45, 7) is 11.9. The van der Waals surface area contributed by atoms with Gasteiger partial charge in [-0.3, -0.25) is 14.9 Å². The van der Waals surface area contributed by atoms with Crippen LogP contribution in [0.15, 0.2) is 48.0 Å². The number of nitrogens with one attached hydrogen (secondary N) is 1. The van der Waals surface area contributed by atoms with E-state index in [2.05, 4.69) is 35.0 Å². The molecule has 4 amide bonds. The zero-order chi connectivity index (χ0) is 24.0. The molecule has 1 saturated heterocycles. The first kappa shape index (κ1) is 22.3. The fraction of sp³-hybridized carbons (Fsp3) is 0.222. The van der Waals surface area contributed by atoms with Crippen LogP contribution in [0.25, 0.3) is 11.8 Å². The molecule has 6 nitrogen and oxygen atoms in total. The number of imide groups is 2. The monoisotopic (exact) mass is 441 g/mol. The SMILES string of the molecule is Cc1ccc(C)c(-n2c(C)cc(/C=C3\C(=O)NC(=O)N(c4ccc(C)c(C)c4)C3=O)c2C)c1. The first-order chi connectivity index (χ1) is 15.6. The lowest BCUT2D eigenvalue weighted by Gasteiger charge is -2.26. The van der Waals surface area contributed by atoms with Gasteiger partial charge in [0.05, 0.1) is 5.69 Å². The van der Waals surface area contributed by atoms with Gasteiger partial charge in [-0.2, -0.15) is 0 Å². The summed E-state index contributed by atoms with van der Waals surface area (Å²) in [6.07, 6.45) is 1.57. The van der Waals surface area contributed by atoms with Gasteiger partial charge in [0.1, 0.15) is 5.57 Å². The topological polar surface area (TPSA) is 71.4 Å². The molecule has 33 heavy (non-hydrogen) atoms. The lowest BCUT2D eigenvalue weighted by atomic mass is 10.1. The van der Waals surface area contributed by atoms with Crippen LogP contribution in [0.4, 0.5) is 10.5 Å². The zero-order valence-electron chi connectivity index (χ0n) is 19.7. The fourth-order valence-electron chi connectivity index (χ4n) is 4.18. The van der Waals surface area contributed by atoms with Crippen LogP contribution in [0.2, 0.25) is 0 Å². The van der Waals surface area contributed by atoms with Crippen LogP contribution >= 0.6 is 0 Å². The Labute approximate surface area is 193 Å². The van der Waals surface area contributed by atoms with Crippen molar-refractivity contribution < 1.29 is 14.4 Å². The zero-order valence-corrected chi connectivity index (χ0v) is 19.7. The van der Waals surface area contributed by atoms with Crippen molar-refractivity contribution in [2.24, 2.45) is 0 Å². The standard InChI is InChI=1S/C27H27N3O3/c1-15-7-8-17(3)24(11-15)29-19(5)13-21(20(29)6)14-23-25(31)28-27(33)30(26(23)32)22-10-9-16(2)18(4)12-22/h7-14H,1-6H3,(H,28,31,33)/b23-14+. The van der Waals surface area contributed by atoms with Crippen LogP contribution < -0.4 is 10.2 Å². The third-order valence-corrected chi connectivity index (χ3v) is 6.23. The van der Waals surface area contributed by atoms with Crippen LogP contribution in [0, 0.1) is 41.5 Å². The molecule has 0 spiro atoms. The molecule has 0 aliphatic carbocycles. The number of hydrogen-bond acceptors (Lipinski definition) is 3. The normalized spacial score (nSPS) is 15.4. The molecule has 0 atom stereocenters. The maximum absolute atomic E-state index is 13.3. The minimum Gasteiger partial charge on any atom is -0.318 e. The van der Waals surface area contributed by atoms with Gasteiger partial charge in [0.2, 0.25) is 0 Å². The Morgan fingerprint density at radius 2 is 1.48 bits per heavy atom. The molecule has 0 bridgehead atoms. The molecule has 0 radical (unpaired) electrons. The fourth-order valence-corrected chi connectivity index (χ4v) is 4.18. The van der Waals surface area contributed by atoms with Crippen LogP contribution in [0.3, 0.4) is 0 Å². The summed E-state index contributed by atoms with van der Waals surface area (Å²) in [7, 11) is 0. The number of urea groups is 1. The number of benzene rings is 2. The molecule has 1 aliphatic heterocycles. The lowest BCUT2D eigenvalue weighted by molar-refractivity contribution is -0.122. The van der Waals surface area contributed by atoms with Crippen molar-refractivity contribution in [1.29, 1.82) is 0 Å². The molecule has 1 aliphatic rings. The maximum atomic E-state index is 13.3. The van der Waals surface area contributed by atoms with Crippen molar-refractivity contribution in [3.8, 4) is 5.69 Å². The molecule has 2 aromatic carbocycles. The highest BCUT2D eigenvalue weighted by Crippen LogP contribution is 2.28. The van der Waals surface area contributed by atoms with Crippen molar-refractivity contribution in [2.45, 2.75) is 41.5 Å². The molecule has 4 rings (SSSR count). The third kappa shape index (κ3) is 3.89. The van der Waals surface area contributed by atoms with E-state index in [1.54, 1.807) is 18.2 Å². The van der Waals surface area contributed by atoms with Crippen molar-refractivity contribution in [3.63, 3.8) is 0 Å². The van der Waals surface area contributed by atoms with Crippen molar-refractivity contribution in [2.75, 3.05) is 4.90 Å². The summed E-state index contributed by atoms with van der Waals surface area (Å²) in [5.74, 6) is -1.33. The van der Waals surface area contributed by atoms with E-state index in [1.807, 2.05) is 46.8 Å². The highest BCUT2D eigenvalue weighted by Gasteiger charge is 2.37. The lowest BCUT2D eigenvalue weighted by Crippen LogP contribution is -2.54. The van der Waals surface area contributed by atoms with E-state index in [1.165, 1.54) is 0 Å². The molecule has 6 heteroatoms. The summed E-state index contributed by atoms with van der Waals surface area (Å²) in [4.78, 5) is 39.5. The second-order valence-corrected chi connectivity index (χ2v) is 8.68. The molecule has 168 valence electrons. The van der Waals surface area contributed by atoms with Crippen LogP contribution in [0.1, 0.15) is 39.2 Å². The van der Waals surface area contributed by atoms with Gasteiger partial charge in [-0.25, -0.2) is 9.69 Å². The molecular weight excluding hydrogens is 414 g/mol. The third-order valence-electron chi connectivity index (χ3n) is 6.23. The van der Waals surface area contributed by atoms with Gasteiger partial charge in [-0.15, -0.1) is 0 Å². The number of barbiturate groups is 1. The smallest absolute Gasteiger partial charge is 0.318 e. The van der Waals surface area contributed by atoms with Crippen molar-refractivity contribution in [3.05, 3.63) is 87.2 Å². The summed E-state index contributed by atoms with van der Waals surface area (Å²) in [6, 6.07) is 12.8. The summed E-state index contributed by atoms with van der Waals surface area (Å²) < 4.78 is 2.12. The van der Waals surface area contributed by atoms with Gasteiger partial charge in [0.25, 0.3) is 11.8 Å². The molecule has 2 heterocycles. The van der Waals surface area contributed by atoms with Gasteiger partial charge in [0.15, 0.2) is 0 Å². The number of aryl methyl sites for hydroxylation is 5. The quantitative estimate of drug-likeness (QED) is 0.460. The predicted molar refractivity (Wildman–Crippen MR) is 130 cm³/mol. The van der Waals surface area contributed by atoms with Crippen LogP contribution in [0.5, 0.6) is 0 Å². The number of nitrogens with zero attached hydrogens (tertiary/aromatic N) is 2. The predicted octanol–water partition coefficient (Wildman–Crippen LogP) is 4.99. The Kier molecular flexibility index (Phi) is 5.54. The van der Waals surface area contributed by atoms with E-state index in [4.69, 9.17) is 0 Å². The summed E-state index contributed by atoms with van der Waals surface area (Å²) >= 11 is 0. The molecule has 0 unspecified atom stereocenters. The van der Waals surface area contributed by atoms with Crippen molar-refractivity contribution in [1.82, 2.24) is 9.88 Å². The Morgan fingerprint density at radius 3 is 2.18 bits per heavy atom. The average molecular weight is 442 g/mol. The second-order valence-electron chi connectivity index (χ2n) is 8.68. The van der Waals surface area contributed by atoms with Gasteiger partial charge in [0, 0.05) is 17.1 Å². The summed E-state index contributed by atoms with van der Waals surface area (Å²) in [5, 5.41) is 2.30. The van der Waals surface area contributed by atoms with E-state index >= 15 is 0 Å². The number of aromatic nitrogens is 1. The number of amides is 4. The van der Waals surface area contributed by atoms with Crippen molar-refractivity contribution >= 4 is 29.6 Å². The number of anilines is 1. The first-order valence-electron chi connectivity index (χ1n) is 10.8. The molecule has 1 aromatic heterocycles. The molecule has 1 fully saturated rings. The van der Waals surface area contributed by atoms with E-state index in [0.29, 0.717) is 5.69 Å². The van der Waals surface area contributed by atoms with E-state index < -0.39 is 17.8 Å². The minimum absolute atomic E-state index is 0.0750. The van der Waals surface area contributed by atoms with E-state index in [-0.39, 0.29) is 5.57 Å². The molecular formula is C27H27N3O3. The number of carbonyl (C=O) groups is 3. The van der Waals surface area contributed by atoms with Gasteiger partial charge < -0.3 is 4.57 Å². The molecule has 1 N–H and O–H groups in total. The second kappa shape index (κ2) is 8.20. The van der Waals surface area contributed by atoms with E-state index in [9.17, 15) is 14.4 Å². The Morgan fingerprint density at radius 1 is 0.788 bits per heavy atom. The van der Waals surface area contributed by atoms with Crippen LogP contribution in [-0.2, 0) is 9.59 Å². The highest BCUT2D eigenvalue weighted by molar-refractivity contribution is 6.39. The first-order valence-corrected chi connectivity index (χ1v) is 10.8. The Bertz CT molecular complexity index is 1360. The largest absolute Gasteiger partial charge is 0.335 e. The number of hydrogen-bond donors (Lipinski definition) is 1. The van der Waals surface area contributed by atoms with Gasteiger partial charge >= 0.3 is 6.03 Å². The van der Waals surface area contributed by atoms with Crippen LogP contribution in [-0.4, -0.2) is 22.4 Å². The van der Waals surface area contributed by atoms with Gasteiger partial charge in [-0.05, 0) is 99.7 Å².